The van der Waals surface area contributed by atoms with Crippen molar-refractivity contribution in [2.24, 2.45) is 0 Å². The van der Waals surface area contributed by atoms with Crippen LogP contribution in [0.1, 0.15) is 38.7 Å². The minimum atomic E-state index is -4.05. The fourth-order valence-corrected chi connectivity index (χ4v) is 5.64. The van der Waals surface area contributed by atoms with Crippen LogP contribution in [0.15, 0.2) is 75.3 Å². The molecular formula is C23H24ClNO5S. The molecule has 0 bridgehead atoms. The fourth-order valence-electron chi connectivity index (χ4n) is 3.63. The summed E-state index contributed by atoms with van der Waals surface area (Å²) in [5.74, 6) is -1.59. The number of hydrogen-bond acceptors (Lipinski definition) is 6. The number of allylic oxidation sites excluding steroid dienone is 3. The zero-order valence-electron chi connectivity index (χ0n) is 17.5. The van der Waals surface area contributed by atoms with Gasteiger partial charge in [-0.05, 0) is 56.2 Å². The lowest BCUT2D eigenvalue weighted by molar-refractivity contribution is -0.139. The van der Waals surface area contributed by atoms with Crippen LogP contribution in [0.3, 0.4) is 0 Å². The Morgan fingerprint density at radius 3 is 2.35 bits per heavy atom. The molecule has 31 heavy (non-hydrogen) atoms. The van der Waals surface area contributed by atoms with E-state index in [1.807, 2.05) is 6.92 Å². The van der Waals surface area contributed by atoms with Gasteiger partial charge in [0.25, 0.3) is 0 Å². The number of phenolic OH excluding ortho intramolecular Hbond substituents is 1. The van der Waals surface area contributed by atoms with Crippen molar-refractivity contribution in [3.8, 4) is 5.75 Å². The van der Waals surface area contributed by atoms with Crippen molar-refractivity contribution in [3.63, 3.8) is 0 Å². The lowest BCUT2D eigenvalue weighted by Crippen LogP contribution is -2.32. The fraction of sp³-hybridized carbons (Fsp3) is 0.261. The summed E-state index contributed by atoms with van der Waals surface area (Å²) < 4.78 is 32.8. The second kappa shape index (κ2) is 9.16. The number of dihydropyridines is 1. The number of benzene rings is 2. The first-order valence-corrected chi connectivity index (χ1v) is 11.7. The number of sulfone groups is 1. The maximum Gasteiger partial charge on any atom is 0.336 e. The Kier molecular flexibility index (Phi) is 6.77. The summed E-state index contributed by atoms with van der Waals surface area (Å²) in [5.41, 5.74) is 1.59. The second-order valence-corrected chi connectivity index (χ2v) is 9.57. The van der Waals surface area contributed by atoms with E-state index in [9.17, 15) is 18.3 Å². The number of ether oxygens (including phenoxy) is 1. The van der Waals surface area contributed by atoms with E-state index in [2.05, 4.69) is 5.32 Å². The average molecular weight is 462 g/mol. The summed E-state index contributed by atoms with van der Waals surface area (Å²) in [4.78, 5) is 13.0. The van der Waals surface area contributed by atoms with Gasteiger partial charge in [0.1, 0.15) is 5.75 Å². The van der Waals surface area contributed by atoms with Crippen molar-refractivity contribution in [1.29, 1.82) is 0 Å². The van der Waals surface area contributed by atoms with Crippen LogP contribution in [0.4, 0.5) is 0 Å². The third-order valence-corrected chi connectivity index (χ3v) is 7.37. The average Bonchev–Trinajstić information content (AvgIpc) is 2.72. The van der Waals surface area contributed by atoms with Gasteiger partial charge in [-0.1, -0.05) is 36.7 Å². The Balaban J connectivity index is 2.25. The normalized spacial score (nSPS) is 16.8. The van der Waals surface area contributed by atoms with Crippen LogP contribution in [0.2, 0.25) is 5.02 Å². The quantitative estimate of drug-likeness (QED) is 0.607. The van der Waals surface area contributed by atoms with Crippen molar-refractivity contribution in [3.05, 3.63) is 81.0 Å². The molecule has 0 aromatic heterocycles. The van der Waals surface area contributed by atoms with Gasteiger partial charge in [-0.15, -0.1) is 0 Å². The van der Waals surface area contributed by atoms with E-state index in [4.69, 9.17) is 16.3 Å². The Labute approximate surface area is 187 Å². The predicted octanol–water partition coefficient (Wildman–Crippen LogP) is 4.67. The molecule has 1 heterocycles. The van der Waals surface area contributed by atoms with Gasteiger partial charge in [0.2, 0.25) is 9.84 Å². The number of carbonyl (C=O) groups excluding carboxylic acids is 1. The number of carbonyl (C=O) groups is 1. The van der Waals surface area contributed by atoms with Gasteiger partial charge in [-0.2, -0.15) is 0 Å². The molecule has 1 aliphatic heterocycles. The number of halogens is 1. The molecule has 0 fully saturated rings. The van der Waals surface area contributed by atoms with E-state index in [0.29, 0.717) is 28.4 Å². The monoisotopic (exact) mass is 461 g/mol. The number of rotatable bonds is 6. The summed E-state index contributed by atoms with van der Waals surface area (Å²) in [7, 11) is -4.05. The van der Waals surface area contributed by atoms with E-state index in [1.54, 1.807) is 38.1 Å². The molecular weight excluding hydrogens is 438 g/mol. The minimum absolute atomic E-state index is 0.000618. The van der Waals surface area contributed by atoms with Crippen LogP contribution in [-0.2, 0) is 19.4 Å². The van der Waals surface area contributed by atoms with Gasteiger partial charge in [0.05, 0.1) is 27.9 Å². The highest BCUT2D eigenvalue weighted by molar-refractivity contribution is 7.95. The molecule has 164 valence electrons. The molecule has 0 saturated carbocycles. The van der Waals surface area contributed by atoms with Crippen molar-refractivity contribution >= 4 is 27.4 Å². The molecule has 0 amide bonds. The third-order valence-electron chi connectivity index (χ3n) is 5.01. The lowest BCUT2D eigenvalue weighted by atomic mass is 9.86. The number of aromatic hydroxyl groups is 1. The second-order valence-electron chi connectivity index (χ2n) is 7.24. The van der Waals surface area contributed by atoms with Crippen LogP contribution in [-0.4, -0.2) is 26.1 Å². The van der Waals surface area contributed by atoms with Crippen molar-refractivity contribution in [2.45, 2.75) is 38.0 Å². The first kappa shape index (κ1) is 22.9. The van der Waals surface area contributed by atoms with Gasteiger partial charge < -0.3 is 15.2 Å². The van der Waals surface area contributed by atoms with Gasteiger partial charge >= 0.3 is 5.97 Å². The Hall–Kier alpha value is -2.77. The molecule has 0 spiro atoms. The number of nitrogens with one attached hydrogen (secondary N) is 1. The van der Waals surface area contributed by atoms with E-state index in [1.165, 1.54) is 24.3 Å². The first-order valence-electron chi connectivity index (χ1n) is 9.82. The molecule has 1 aliphatic rings. The van der Waals surface area contributed by atoms with Crippen LogP contribution in [0, 0.1) is 0 Å². The van der Waals surface area contributed by atoms with Crippen molar-refractivity contribution in [1.82, 2.24) is 5.32 Å². The van der Waals surface area contributed by atoms with Gasteiger partial charge in [0, 0.05) is 16.4 Å². The highest BCUT2D eigenvalue weighted by Gasteiger charge is 2.41. The predicted molar refractivity (Wildman–Crippen MR) is 119 cm³/mol. The zero-order chi connectivity index (χ0) is 22.8. The summed E-state index contributed by atoms with van der Waals surface area (Å²) in [6.07, 6.45) is 0.635. The molecule has 0 saturated heterocycles. The van der Waals surface area contributed by atoms with Crippen molar-refractivity contribution < 1.29 is 23.1 Å². The maximum absolute atomic E-state index is 13.7. The van der Waals surface area contributed by atoms with Gasteiger partial charge in [-0.3, -0.25) is 0 Å². The van der Waals surface area contributed by atoms with E-state index in [0.717, 1.165) is 0 Å². The molecule has 3 rings (SSSR count). The number of esters is 1. The van der Waals surface area contributed by atoms with E-state index < -0.39 is 21.7 Å². The summed E-state index contributed by atoms with van der Waals surface area (Å²) >= 11 is 6.46. The molecule has 2 N–H and O–H groups in total. The lowest BCUT2D eigenvalue weighted by Gasteiger charge is -2.31. The third kappa shape index (κ3) is 4.48. The molecule has 2 aromatic rings. The highest BCUT2D eigenvalue weighted by atomic mass is 35.5. The summed E-state index contributed by atoms with van der Waals surface area (Å²) in [6.45, 7) is 5.45. The Morgan fingerprint density at radius 2 is 1.74 bits per heavy atom. The van der Waals surface area contributed by atoms with E-state index in [-0.39, 0.29) is 27.7 Å². The topological polar surface area (TPSA) is 92.7 Å². The SMILES string of the molecule is CCCOC(=O)C1=C(C)NC(C)=C(S(=O)(=O)c2ccc(O)cc2)C1c1ccccc1Cl. The van der Waals surface area contributed by atoms with Crippen LogP contribution in [0.5, 0.6) is 5.75 Å². The van der Waals surface area contributed by atoms with Crippen LogP contribution < -0.4 is 5.32 Å². The Bertz CT molecular complexity index is 1170. The Morgan fingerprint density at radius 1 is 1.10 bits per heavy atom. The first-order chi connectivity index (χ1) is 14.7. The summed E-state index contributed by atoms with van der Waals surface area (Å²) in [5, 5.41) is 12.9. The largest absolute Gasteiger partial charge is 0.508 e. The number of hydrogen-bond donors (Lipinski definition) is 2. The van der Waals surface area contributed by atoms with Gasteiger partial charge in [0.15, 0.2) is 0 Å². The summed E-state index contributed by atoms with van der Waals surface area (Å²) in [6, 6.07) is 12.1. The minimum Gasteiger partial charge on any atom is -0.508 e. The molecule has 1 atom stereocenters. The number of phenols is 1. The highest BCUT2D eigenvalue weighted by Crippen LogP contribution is 2.45. The van der Waals surface area contributed by atoms with E-state index >= 15 is 0 Å². The van der Waals surface area contributed by atoms with Crippen LogP contribution >= 0.6 is 11.6 Å². The molecule has 6 nitrogen and oxygen atoms in total. The molecule has 0 radical (unpaired) electrons. The molecule has 1 unspecified atom stereocenters. The van der Waals surface area contributed by atoms with Crippen molar-refractivity contribution in [2.75, 3.05) is 6.61 Å². The standard InChI is InChI=1S/C23H24ClNO5S/c1-4-13-30-23(27)20-14(2)25-15(3)22(21(20)18-7-5-6-8-19(18)24)31(28,29)17-11-9-16(26)10-12-17/h5-12,21,25-26H,4,13H2,1-3H3. The van der Waals surface area contributed by atoms with Crippen LogP contribution in [0.25, 0.3) is 0 Å². The smallest absolute Gasteiger partial charge is 0.336 e. The van der Waals surface area contributed by atoms with Gasteiger partial charge in [-0.25, -0.2) is 13.2 Å². The zero-order valence-corrected chi connectivity index (χ0v) is 19.0. The molecule has 0 aliphatic carbocycles. The maximum atomic E-state index is 13.7. The molecule has 2 aromatic carbocycles. The molecule has 8 heteroatoms.